The van der Waals surface area contributed by atoms with Gasteiger partial charge in [-0.2, -0.15) is 0 Å². The van der Waals surface area contributed by atoms with Crippen molar-refractivity contribution in [2.75, 3.05) is 45.9 Å². The van der Waals surface area contributed by atoms with Crippen LogP contribution in [0.5, 0.6) is 5.75 Å². The van der Waals surface area contributed by atoms with Gasteiger partial charge in [-0.05, 0) is 49.0 Å². The molecule has 0 aliphatic heterocycles. The molecule has 0 aliphatic rings. The SMILES string of the molecule is CC(C)(C)CCN(CCN)CCNC(=O)COc1ccc(CCN)cc1. The van der Waals surface area contributed by atoms with Gasteiger partial charge in [0.25, 0.3) is 5.91 Å². The molecule has 0 saturated carbocycles. The zero-order chi connectivity index (χ0) is 19.4. The molecule has 5 N–H and O–H groups in total. The second-order valence-electron chi connectivity index (χ2n) is 7.76. The van der Waals surface area contributed by atoms with E-state index in [9.17, 15) is 4.79 Å². The van der Waals surface area contributed by atoms with E-state index in [1.807, 2.05) is 24.3 Å². The third-order valence-electron chi connectivity index (χ3n) is 4.10. The molecule has 0 heterocycles. The average Bonchev–Trinajstić information content (AvgIpc) is 2.58. The highest BCUT2D eigenvalue weighted by Gasteiger charge is 2.13. The molecule has 1 amide bonds. The van der Waals surface area contributed by atoms with Crippen LogP contribution in [0.2, 0.25) is 0 Å². The monoisotopic (exact) mass is 364 g/mol. The fourth-order valence-electron chi connectivity index (χ4n) is 2.48. The predicted octanol–water partition coefficient (Wildman–Crippen LogP) is 1.38. The fourth-order valence-corrected chi connectivity index (χ4v) is 2.48. The molecule has 0 saturated heterocycles. The van der Waals surface area contributed by atoms with Crippen LogP contribution >= 0.6 is 0 Å². The summed E-state index contributed by atoms with van der Waals surface area (Å²) in [7, 11) is 0. The third kappa shape index (κ3) is 10.4. The summed E-state index contributed by atoms with van der Waals surface area (Å²) >= 11 is 0. The number of nitrogens with zero attached hydrogens (tertiary/aromatic N) is 1. The van der Waals surface area contributed by atoms with E-state index in [0.29, 0.717) is 30.8 Å². The Hall–Kier alpha value is -1.63. The lowest BCUT2D eigenvalue weighted by molar-refractivity contribution is -0.123. The second kappa shape index (κ2) is 11.9. The van der Waals surface area contributed by atoms with Crippen LogP contribution in [0.4, 0.5) is 0 Å². The van der Waals surface area contributed by atoms with Gasteiger partial charge in [-0.3, -0.25) is 4.79 Å². The van der Waals surface area contributed by atoms with Gasteiger partial charge in [-0.25, -0.2) is 0 Å². The lowest BCUT2D eigenvalue weighted by atomic mass is 9.92. The normalized spacial score (nSPS) is 11.6. The van der Waals surface area contributed by atoms with Crippen LogP contribution in [-0.4, -0.2) is 56.7 Å². The quantitative estimate of drug-likeness (QED) is 0.521. The van der Waals surface area contributed by atoms with Gasteiger partial charge >= 0.3 is 0 Å². The van der Waals surface area contributed by atoms with Gasteiger partial charge in [-0.1, -0.05) is 32.9 Å². The van der Waals surface area contributed by atoms with Crippen LogP contribution in [-0.2, 0) is 11.2 Å². The molecule has 26 heavy (non-hydrogen) atoms. The molecule has 0 unspecified atom stereocenters. The Kier molecular flexibility index (Phi) is 10.2. The molecule has 1 aromatic carbocycles. The van der Waals surface area contributed by atoms with Crippen LogP contribution in [0, 0.1) is 5.41 Å². The Bertz CT molecular complexity index is 512. The highest BCUT2D eigenvalue weighted by Crippen LogP contribution is 2.18. The van der Waals surface area contributed by atoms with Crippen molar-refractivity contribution in [3.63, 3.8) is 0 Å². The van der Waals surface area contributed by atoms with Gasteiger partial charge < -0.3 is 26.4 Å². The summed E-state index contributed by atoms with van der Waals surface area (Å²) < 4.78 is 5.52. The summed E-state index contributed by atoms with van der Waals surface area (Å²) in [6.07, 6.45) is 1.94. The Morgan fingerprint density at radius 3 is 2.35 bits per heavy atom. The molecule has 0 radical (unpaired) electrons. The highest BCUT2D eigenvalue weighted by molar-refractivity contribution is 5.77. The van der Waals surface area contributed by atoms with Crippen LogP contribution in [0.25, 0.3) is 0 Å². The van der Waals surface area contributed by atoms with Crippen molar-refractivity contribution >= 4 is 5.91 Å². The van der Waals surface area contributed by atoms with E-state index in [4.69, 9.17) is 16.2 Å². The zero-order valence-electron chi connectivity index (χ0n) is 16.6. The first-order valence-corrected chi connectivity index (χ1v) is 9.45. The molecule has 148 valence electrons. The first-order chi connectivity index (χ1) is 12.3. The standard InChI is InChI=1S/C20H36N4O2/c1-20(2,3)9-13-24(14-11-22)15-12-23-19(25)16-26-18-6-4-17(5-7-18)8-10-21/h4-7H,8-16,21-22H2,1-3H3,(H,23,25). The number of benzene rings is 1. The summed E-state index contributed by atoms with van der Waals surface area (Å²) in [4.78, 5) is 14.2. The molecule has 0 aromatic heterocycles. The average molecular weight is 365 g/mol. The second-order valence-corrected chi connectivity index (χ2v) is 7.76. The molecule has 6 nitrogen and oxygen atoms in total. The van der Waals surface area contributed by atoms with Crippen molar-refractivity contribution in [3.8, 4) is 5.75 Å². The van der Waals surface area contributed by atoms with Crippen LogP contribution in [0.15, 0.2) is 24.3 Å². The minimum atomic E-state index is -0.112. The predicted molar refractivity (Wildman–Crippen MR) is 107 cm³/mol. The number of ether oxygens (including phenoxy) is 1. The molecule has 0 atom stereocenters. The lowest BCUT2D eigenvalue weighted by Gasteiger charge is -2.26. The highest BCUT2D eigenvalue weighted by atomic mass is 16.5. The molecule has 0 spiro atoms. The minimum absolute atomic E-state index is 0.0229. The molecule has 0 fully saturated rings. The Balaban J connectivity index is 2.27. The van der Waals surface area contributed by atoms with Crippen molar-refractivity contribution in [1.29, 1.82) is 0 Å². The maximum absolute atomic E-state index is 11.9. The number of nitrogens with two attached hydrogens (primary N) is 2. The molecular formula is C20H36N4O2. The van der Waals surface area contributed by atoms with E-state index in [0.717, 1.165) is 32.5 Å². The Labute approximate surface area is 158 Å². The van der Waals surface area contributed by atoms with E-state index in [2.05, 4.69) is 31.0 Å². The third-order valence-corrected chi connectivity index (χ3v) is 4.10. The molecule has 1 rings (SSSR count). The van der Waals surface area contributed by atoms with Crippen LogP contribution in [0.1, 0.15) is 32.8 Å². The fraction of sp³-hybridized carbons (Fsp3) is 0.650. The molecule has 0 aliphatic carbocycles. The minimum Gasteiger partial charge on any atom is -0.484 e. The number of nitrogens with one attached hydrogen (secondary N) is 1. The van der Waals surface area contributed by atoms with Crippen molar-refractivity contribution in [2.24, 2.45) is 16.9 Å². The van der Waals surface area contributed by atoms with Gasteiger partial charge in [-0.15, -0.1) is 0 Å². The number of rotatable bonds is 12. The first kappa shape index (κ1) is 22.4. The number of hydrogen-bond donors (Lipinski definition) is 3. The van der Waals surface area contributed by atoms with E-state index in [1.165, 1.54) is 5.56 Å². The summed E-state index contributed by atoms with van der Waals surface area (Å²) in [6, 6.07) is 7.68. The molecular weight excluding hydrogens is 328 g/mol. The van der Waals surface area contributed by atoms with E-state index in [-0.39, 0.29) is 12.5 Å². The largest absolute Gasteiger partial charge is 0.484 e. The van der Waals surface area contributed by atoms with Gasteiger partial charge in [0.15, 0.2) is 6.61 Å². The maximum Gasteiger partial charge on any atom is 0.257 e. The maximum atomic E-state index is 11.9. The molecule has 1 aromatic rings. The summed E-state index contributed by atoms with van der Waals surface area (Å²) in [5.41, 5.74) is 12.7. The van der Waals surface area contributed by atoms with Gasteiger partial charge in [0.1, 0.15) is 5.75 Å². The Morgan fingerprint density at radius 1 is 1.08 bits per heavy atom. The van der Waals surface area contributed by atoms with E-state index < -0.39 is 0 Å². The summed E-state index contributed by atoms with van der Waals surface area (Å²) in [5.74, 6) is 0.579. The van der Waals surface area contributed by atoms with E-state index >= 15 is 0 Å². The van der Waals surface area contributed by atoms with Gasteiger partial charge in [0.2, 0.25) is 0 Å². The smallest absolute Gasteiger partial charge is 0.257 e. The topological polar surface area (TPSA) is 93.6 Å². The first-order valence-electron chi connectivity index (χ1n) is 9.45. The summed E-state index contributed by atoms with van der Waals surface area (Å²) in [5, 5.41) is 2.91. The molecule has 0 bridgehead atoms. The van der Waals surface area contributed by atoms with Gasteiger partial charge in [0, 0.05) is 26.2 Å². The van der Waals surface area contributed by atoms with Crippen LogP contribution < -0.4 is 21.5 Å². The van der Waals surface area contributed by atoms with Crippen molar-refractivity contribution in [3.05, 3.63) is 29.8 Å². The van der Waals surface area contributed by atoms with E-state index in [1.54, 1.807) is 0 Å². The van der Waals surface area contributed by atoms with Crippen molar-refractivity contribution in [2.45, 2.75) is 33.6 Å². The number of amides is 1. The van der Waals surface area contributed by atoms with Gasteiger partial charge in [0.05, 0.1) is 0 Å². The zero-order valence-corrected chi connectivity index (χ0v) is 16.6. The number of hydrogen-bond acceptors (Lipinski definition) is 5. The number of carbonyl (C=O) groups is 1. The molecule has 6 heteroatoms. The Morgan fingerprint density at radius 2 is 1.77 bits per heavy atom. The van der Waals surface area contributed by atoms with Crippen LogP contribution in [0.3, 0.4) is 0 Å². The number of carbonyl (C=O) groups excluding carboxylic acids is 1. The lowest BCUT2D eigenvalue weighted by Crippen LogP contribution is -2.40. The van der Waals surface area contributed by atoms with Crippen molar-refractivity contribution in [1.82, 2.24) is 10.2 Å². The summed E-state index contributed by atoms with van der Waals surface area (Å²) in [6.45, 7) is 11.2. The van der Waals surface area contributed by atoms with Crippen molar-refractivity contribution < 1.29 is 9.53 Å².